The molecule has 4 aliphatic rings. The molecule has 2 bridgehead atoms. The number of carbonyl (C=O) groups is 1. The van der Waals surface area contributed by atoms with E-state index < -0.39 is 26.0 Å². The molecular formula is C25H25ClN4O6S2. The molecule has 3 N–H and O–H groups in total. The molecule has 2 aliphatic heterocycles. The molecule has 1 amide bonds. The SMILES string of the molecule is CS(=O)(=O)Nc1ccc2c(c1)S(=O)(=O)N=C(C1=C(O)[C@@H]3[C@H]4CC[C@H](C4)[C@@H]3N(Cc3ccccc3Cl)C1=O)N2. The van der Waals surface area contributed by atoms with Gasteiger partial charge in [-0.25, -0.2) is 8.42 Å². The van der Waals surface area contributed by atoms with Crippen LogP contribution in [0.5, 0.6) is 0 Å². The van der Waals surface area contributed by atoms with Crippen molar-refractivity contribution in [3.8, 4) is 0 Å². The summed E-state index contributed by atoms with van der Waals surface area (Å²) in [6.45, 7) is 0.219. The summed E-state index contributed by atoms with van der Waals surface area (Å²) in [5, 5.41) is 14.8. The van der Waals surface area contributed by atoms with Crippen LogP contribution in [0.15, 0.2) is 63.1 Å². The standard InChI is InChI=1S/C25H25ClN4O6S2/c1-37(33,34)28-16-8-9-18-19(11-16)38(35,36)29-24(27-18)21-23(31)20-13-6-7-14(10-13)22(20)30(25(21)32)12-15-4-2-3-5-17(15)26/h2-5,8-9,11,13-14,20,22,28,31H,6-7,10,12H2,1H3,(H,27,29)/t13-,14+,20+,22-/m0/s1. The van der Waals surface area contributed by atoms with Crippen LogP contribution in [-0.4, -0.2) is 50.9 Å². The van der Waals surface area contributed by atoms with Gasteiger partial charge in [-0.3, -0.25) is 9.52 Å². The zero-order valence-electron chi connectivity index (χ0n) is 20.3. The van der Waals surface area contributed by atoms with E-state index in [-0.39, 0.29) is 63.8 Å². The van der Waals surface area contributed by atoms with Gasteiger partial charge in [-0.15, -0.1) is 4.40 Å². The molecule has 2 fully saturated rings. The highest BCUT2D eigenvalue weighted by molar-refractivity contribution is 7.92. The van der Waals surface area contributed by atoms with Crippen LogP contribution < -0.4 is 10.0 Å². The molecular weight excluding hydrogens is 552 g/mol. The first-order valence-corrected chi connectivity index (χ1v) is 15.9. The molecule has 0 radical (unpaired) electrons. The van der Waals surface area contributed by atoms with Crippen molar-refractivity contribution in [1.82, 2.24) is 4.90 Å². The lowest BCUT2D eigenvalue weighted by Gasteiger charge is -2.44. The zero-order chi connectivity index (χ0) is 27.0. The Morgan fingerprint density at radius 1 is 1.18 bits per heavy atom. The predicted molar refractivity (Wildman–Crippen MR) is 143 cm³/mol. The monoisotopic (exact) mass is 576 g/mol. The molecule has 2 saturated carbocycles. The summed E-state index contributed by atoms with van der Waals surface area (Å²) in [6, 6.07) is 11.0. The number of nitrogens with zero attached hydrogens (tertiary/aromatic N) is 2. The van der Waals surface area contributed by atoms with Crippen LogP contribution in [0.1, 0.15) is 24.8 Å². The van der Waals surface area contributed by atoms with E-state index in [2.05, 4.69) is 14.4 Å². The van der Waals surface area contributed by atoms with Crippen molar-refractivity contribution < 1.29 is 26.7 Å². The van der Waals surface area contributed by atoms with E-state index in [1.54, 1.807) is 17.0 Å². The van der Waals surface area contributed by atoms with Gasteiger partial charge in [0.05, 0.1) is 11.9 Å². The van der Waals surface area contributed by atoms with Crippen LogP contribution in [-0.2, 0) is 31.4 Å². The summed E-state index contributed by atoms with van der Waals surface area (Å²) in [4.78, 5) is 15.4. The van der Waals surface area contributed by atoms with Crippen LogP contribution in [0.3, 0.4) is 0 Å². The number of hydrogen-bond donors (Lipinski definition) is 3. The third kappa shape index (κ3) is 4.15. The first-order valence-electron chi connectivity index (χ1n) is 12.1. The Hall–Kier alpha value is -3.09. The molecule has 0 aromatic heterocycles. The summed E-state index contributed by atoms with van der Waals surface area (Å²) in [7, 11) is -7.96. The van der Waals surface area contributed by atoms with Gasteiger partial charge in [0.25, 0.3) is 15.9 Å². The third-order valence-electron chi connectivity index (χ3n) is 7.84. The van der Waals surface area contributed by atoms with Gasteiger partial charge in [0.1, 0.15) is 16.2 Å². The Balaban J connectivity index is 1.42. The van der Waals surface area contributed by atoms with Gasteiger partial charge in [-0.05, 0) is 60.9 Å². The van der Waals surface area contributed by atoms with Gasteiger partial charge >= 0.3 is 0 Å². The number of amides is 1. The van der Waals surface area contributed by atoms with E-state index in [0.29, 0.717) is 5.02 Å². The minimum atomic E-state index is -4.33. The minimum Gasteiger partial charge on any atom is -0.511 e. The van der Waals surface area contributed by atoms with Gasteiger partial charge in [0.15, 0.2) is 5.84 Å². The minimum absolute atomic E-state index is 0.0572. The Kier molecular flexibility index (Phi) is 5.78. The normalized spacial score (nSPS) is 27.5. The number of halogens is 1. The number of aliphatic hydroxyl groups is 1. The molecule has 0 unspecified atom stereocenters. The van der Waals surface area contributed by atoms with Crippen molar-refractivity contribution in [2.75, 3.05) is 16.3 Å². The number of nitrogens with one attached hydrogen (secondary N) is 2. The highest BCUT2D eigenvalue weighted by atomic mass is 35.5. The Morgan fingerprint density at radius 2 is 1.92 bits per heavy atom. The van der Waals surface area contributed by atoms with Crippen LogP contribution in [0.25, 0.3) is 0 Å². The number of carbonyl (C=O) groups excluding carboxylic acids is 1. The van der Waals surface area contributed by atoms with E-state index in [4.69, 9.17) is 11.6 Å². The topological polar surface area (TPSA) is 145 Å². The molecule has 0 saturated heterocycles. The van der Waals surface area contributed by atoms with Crippen molar-refractivity contribution in [3.05, 3.63) is 64.4 Å². The number of benzene rings is 2. The van der Waals surface area contributed by atoms with Gasteiger partial charge in [0.2, 0.25) is 10.0 Å². The van der Waals surface area contributed by atoms with Crippen molar-refractivity contribution in [2.45, 2.75) is 36.7 Å². The van der Waals surface area contributed by atoms with Crippen LogP contribution >= 0.6 is 11.6 Å². The predicted octanol–water partition coefficient (Wildman–Crippen LogP) is 3.49. The molecule has 38 heavy (non-hydrogen) atoms. The fraction of sp³-hybridized carbons (Fsp3) is 0.360. The number of rotatable bonds is 5. The smallest absolute Gasteiger partial charge is 0.286 e. The lowest BCUT2D eigenvalue weighted by Crippen LogP contribution is -2.53. The summed E-state index contributed by atoms with van der Waals surface area (Å²) in [5.41, 5.74) is 0.766. The second kappa shape index (κ2) is 8.72. The average molecular weight is 577 g/mol. The fourth-order valence-electron chi connectivity index (χ4n) is 6.40. The van der Waals surface area contributed by atoms with Gasteiger partial charge in [0, 0.05) is 29.2 Å². The maximum atomic E-state index is 14.0. The van der Waals surface area contributed by atoms with Crippen LogP contribution in [0.2, 0.25) is 5.02 Å². The summed E-state index contributed by atoms with van der Waals surface area (Å²) in [6.07, 6.45) is 3.73. The highest BCUT2D eigenvalue weighted by Crippen LogP contribution is 2.55. The molecule has 2 aromatic carbocycles. The average Bonchev–Trinajstić information content (AvgIpc) is 3.44. The van der Waals surface area contributed by atoms with E-state index >= 15 is 0 Å². The largest absolute Gasteiger partial charge is 0.511 e. The van der Waals surface area contributed by atoms with Gasteiger partial charge < -0.3 is 15.3 Å². The molecule has 4 atom stereocenters. The number of amidine groups is 1. The van der Waals surface area contributed by atoms with Gasteiger partial charge in [-0.2, -0.15) is 8.42 Å². The number of sulfonamides is 2. The summed E-state index contributed by atoms with van der Waals surface area (Å²) >= 11 is 6.42. The maximum Gasteiger partial charge on any atom is 0.286 e. The summed E-state index contributed by atoms with van der Waals surface area (Å²) in [5.74, 6) is -0.807. The number of hydrogen-bond acceptors (Lipinski definition) is 7. The molecule has 200 valence electrons. The Morgan fingerprint density at radius 3 is 2.66 bits per heavy atom. The summed E-state index contributed by atoms with van der Waals surface area (Å²) < 4.78 is 55.7. The Labute approximate surface area is 225 Å². The quantitative estimate of drug-likeness (QED) is 0.494. The molecule has 2 aliphatic carbocycles. The van der Waals surface area contributed by atoms with Gasteiger partial charge in [-0.1, -0.05) is 29.8 Å². The van der Waals surface area contributed by atoms with Crippen LogP contribution in [0, 0.1) is 17.8 Å². The second-order valence-corrected chi connectivity index (χ2v) is 14.0. The van der Waals surface area contributed by atoms with Crippen molar-refractivity contribution in [2.24, 2.45) is 22.2 Å². The van der Waals surface area contributed by atoms with E-state index in [1.807, 2.05) is 12.1 Å². The number of anilines is 2. The number of aliphatic hydroxyl groups excluding tert-OH is 1. The molecule has 13 heteroatoms. The lowest BCUT2D eigenvalue weighted by molar-refractivity contribution is -0.134. The molecule has 6 rings (SSSR count). The molecule has 0 spiro atoms. The second-order valence-electron chi connectivity index (χ2n) is 10.3. The van der Waals surface area contributed by atoms with E-state index in [1.165, 1.54) is 12.1 Å². The maximum absolute atomic E-state index is 14.0. The first kappa shape index (κ1) is 25.2. The van der Waals surface area contributed by atoms with Crippen molar-refractivity contribution in [3.63, 3.8) is 0 Å². The molecule has 2 heterocycles. The molecule has 10 nitrogen and oxygen atoms in total. The van der Waals surface area contributed by atoms with E-state index in [9.17, 15) is 26.7 Å². The third-order valence-corrected chi connectivity index (χ3v) is 10.1. The zero-order valence-corrected chi connectivity index (χ0v) is 22.6. The van der Waals surface area contributed by atoms with Crippen molar-refractivity contribution >= 4 is 54.8 Å². The molecule has 2 aromatic rings. The fourth-order valence-corrected chi connectivity index (χ4v) is 8.30. The van der Waals surface area contributed by atoms with E-state index in [0.717, 1.165) is 37.1 Å². The first-order chi connectivity index (χ1) is 17.9. The Bertz CT molecular complexity index is 1650. The van der Waals surface area contributed by atoms with Crippen LogP contribution in [0.4, 0.5) is 11.4 Å². The number of fused-ring (bicyclic) bond motifs is 6. The van der Waals surface area contributed by atoms with Crippen molar-refractivity contribution in [1.29, 1.82) is 0 Å². The lowest BCUT2D eigenvalue weighted by atomic mass is 9.77. The highest BCUT2D eigenvalue weighted by Gasteiger charge is 2.57.